The van der Waals surface area contributed by atoms with Gasteiger partial charge in [-0.15, -0.1) is 0 Å². The second-order valence-corrected chi connectivity index (χ2v) is 5.76. The molecule has 0 amide bonds. The van der Waals surface area contributed by atoms with Gasteiger partial charge in [-0.2, -0.15) is 0 Å². The van der Waals surface area contributed by atoms with Gasteiger partial charge in [0.1, 0.15) is 17.5 Å². The molecule has 0 spiro atoms. The van der Waals surface area contributed by atoms with Crippen molar-refractivity contribution in [3.8, 4) is 0 Å². The molecule has 4 heteroatoms. The molecule has 1 aliphatic rings. The number of hydrogen-bond acceptors (Lipinski definition) is 4. The minimum atomic E-state index is -0.895. The van der Waals surface area contributed by atoms with Gasteiger partial charge in [0.15, 0.2) is 0 Å². The number of Topliss-reactive ketones (excluding diaryl/α,β-unsaturated/α-hetero) is 2. The summed E-state index contributed by atoms with van der Waals surface area (Å²) in [5, 5.41) is 0. The Morgan fingerprint density at radius 1 is 1.16 bits per heavy atom. The lowest BCUT2D eigenvalue weighted by molar-refractivity contribution is -0.153. The molecule has 0 saturated heterocycles. The highest BCUT2D eigenvalue weighted by molar-refractivity contribution is 6.02. The average molecular weight is 268 g/mol. The number of hydrogen-bond donors (Lipinski definition) is 0. The molecular formula is C15H24O4. The van der Waals surface area contributed by atoms with Gasteiger partial charge < -0.3 is 4.74 Å². The molecular weight excluding hydrogens is 244 g/mol. The van der Waals surface area contributed by atoms with Gasteiger partial charge in [0.05, 0.1) is 6.61 Å². The van der Waals surface area contributed by atoms with Crippen molar-refractivity contribution in [2.24, 2.45) is 17.8 Å². The Labute approximate surface area is 114 Å². The highest BCUT2D eigenvalue weighted by Gasteiger charge is 2.32. The zero-order chi connectivity index (χ0) is 14.4. The normalized spacial score (nSPS) is 16.2. The van der Waals surface area contributed by atoms with E-state index in [2.05, 4.69) is 0 Å². The summed E-state index contributed by atoms with van der Waals surface area (Å²) in [5.74, 6) is -0.931. The molecule has 0 aromatic heterocycles. The van der Waals surface area contributed by atoms with Crippen LogP contribution in [0.1, 0.15) is 52.9 Å². The third-order valence-corrected chi connectivity index (χ3v) is 3.21. The predicted octanol–water partition coefficient (Wildman–Crippen LogP) is 2.54. The Morgan fingerprint density at radius 3 is 2.26 bits per heavy atom. The van der Waals surface area contributed by atoms with E-state index in [0.717, 1.165) is 12.8 Å². The maximum atomic E-state index is 12.1. The molecule has 0 aliphatic heterocycles. The zero-order valence-electron chi connectivity index (χ0n) is 12.1. The first kappa shape index (κ1) is 15.9. The van der Waals surface area contributed by atoms with E-state index in [0.29, 0.717) is 18.8 Å². The molecule has 0 bridgehead atoms. The van der Waals surface area contributed by atoms with Crippen molar-refractivity contribution in [2.45, 2.75) is 52.9 Å². The summed E-state index contributed by atoms with van der Waals surface area (Å²) in [6.45, 7) is 5.78. The largest absolute Gasteiger partial charge is 0.465 e. The summed E-state index contributed by atoms with van der Waals surface area (Å²) in [4.78, 5) is 35.7. The van der Waals surface area contributed by atoms with Crippen LogP contribution >= 0.6 is 0 Å². The van der Waals surface area contributed by atoms with E-state index in [9.17, 15) is 14.4 Å². The first-order valence-corrected chi connectivity index (χ1v) is 7.15. The van der Waals surface area contributed by atoms with E-state index < -0.39 is 11.9 Å². The van der Waals surface area contributed by atoms with Crippen molar-refractivity contribution in [1.82, 2.24) is 0 Å². The summed E-state index contributed by atoms with van der Waals surface area (Å²) in [7, 11) is 0. The van der Waals surface area contributed by atoms with Crippen LogP contribution in [0, 0.1) is 17.8 Å². The Balaban J connectivity index is 2.58. The summed E-state index contributed by atoms with van der Waals surface area (Å²) in [6, 6.07) is 0. The first-order chi connectivity index (χ1) is 8.93. The minimum Gasteiger partial charge on any atom is -0.465 e. The number of carbonyl (C=O) groups is 3. The molecule has 1 atom stereocenters. The second kappa shape index (κ2) is 7.41. The Hall–Kier alpha value is -1.19. The van der Waals surface area contributed by atoms with E-state index >= 15 is 0 Å². The second-order valence-electron chi connectivity index (χ2n) is 5.76. The fourth-order valence-electron chi connectivity index (χ4n) is 2.07. The van der Waals surface area contributed by atoms with E-state index in [1.165, 1.54) is 0 Å². The molecule has 108 valence electrons. The molecule has 1 saturated carbocycles. The van der Waals surface area contributed by atoms with Crippen LogP contribution in [-0.4, -0.2) is 24.1 Å². The zero-order valence-corrected chi connectivity index (χ0v) is 12.1. The first-order valence-electron chi connectivity index (χ1n) is 7.15. The molecule has 1 rings (SSSR count). The molecule has 1 unspecified atom stereocenters. The molecule has 4 nitrogen and oxygen atoms in total. The summed E-state index contributed by atoms with van der Waals surface area (Å²) >= 11 is 0. The third-order valence-electron chi connectivity index (χ3n) is 3.21. The molecule has 19 heavy (non-hydrogen) atoms. The van der Waals surface area contributed by atoms with Crippen molar-refractivity contribution in [2.75, 3.05) is 6.61 Å². The maximum Gasteiger partial charge on any atom is 0.316 e. The molecule has 0 heterocycles. The monoisotopic (exact) mass is 268 g/mol. The van der Waals surface area contributed by atoms with Crippen LogP contribution in [0.4, 0.5) is 0 Å². The quantitative estimate of drug-likeness (QED) is 0.476. The van der Waals surface area contributed by atoms with E-state index in [4.69, 9.17) is 4.74 Å². The van der Waals surface area contributed by atoms with Crippen LogP contribution in [0.15, 0.2) is 0 Å². The summed E-state index contributed by atoms with van der Waals surface area (Å²) < 4.78 is 4.92. The molecule has 0 aromatic rings. The van der Waals surface area contributed by atoms with Crippen LogP contribution in [0.25, 0.3) is 0 Å². The van der Waals surface area contributed by atoms with E-state index in [1.54, 1.807) is 6.92 Å². The highest BCUT2D eigenvalue weighted by atomic mass is 16.5. The van der Waals surface area contributed by atoms with Gasteiger partial charge in [0.2, 0.25) is 0 Å². The number of esters is 1. The highest BCUT2D eigenvalue weighted by Crippen LogP contribution is 2.33. The maximum absolute atomic E-state index is 12.1. The molecule has 1 fully saturated rings. The van der Waals surface area contributed by atoms with E-state index in [-0.39, 0.29) is 30.5 Å². The van der Waals surface area contributed by atoms with Gasteiger partial charge in [0, 0.05) is 19.3 Å². The van der Waals surface area contributed by atoms with Gasteiger partial charge in [-0.1, -0.05) is 13.8 Å². The van der Waals surface area contributed by atoms with Crippen molar-refractivity contribution in [1.29, 1.82) is 0 Å². The number of carbonyl (C=O) groups excluding carboxylic acids is 3. The smallest absolute Gasteiger partial charge is 0.316 e. The fraction of sp³-hybridized carbons (Fsp3) is 0.800. The Morgan fingerprint density at radius 2 is 1.79 bits per heavy atom. The van der Waals surface area contributed by atoms with Crippen LogP contribution in [-0.2, 0) is 19.1 Å². The topological polar surface area (TPSA) is 60.4 Å². The average Bonchev–Trinajstić information content (AvgIpc) is 3.08. The van der Waals surface area contributed by atoms with Crippen molar-refractivity contribution in [3.63, 3.8) is 0 Å². The van der Waals surface area contributed by atoms with Gasteiger partial charge in [0.25, 0.3) is 0 Å². The van der Waals surface area contributed by atoms with Gasteiger partial charge in [-0.3, -0.25) is 14.4 Å². The third kappa shape index (κ3) is 5.99. The summed E-state index contributed by atoms with van der Waals surface area (Å²) in [5.41, 5.74) is 0. The Bertz CT molecular complexity index is 342. The molecule has 0 N–H and O–H groups in total. The van der Waals surface area contributed by atoms with Crippen molar-refractivity contribution < 1.29 is 19.1 Å². The molecule has 0 radical (unpaired) electrons. The number of ketones is 2. The van der Waals surface area contributed by atoms with Gasteiger partial charge in [-0.25, -0.2) is 0 Å². The van der Waals surface area contributed by atoms with Crippen LogP contribution in [0.5, 0.6) is 0 Å². The summed E-state index contributed by atoms with van der Waals surface area (Å²) in [6.07, 6.45) is 3.03. The number of ether oxygens (including phenoxy) is 1. The van der Waals surface area contributed by atoms with Crippen molar-refractivity contribution in [3.05, 3.63) is 0 Å². The Kier molecular flexibility index (Phi) is 6.19. The molecule has 1 aliphatic carbocycles. The minimum absolute atomic E-state index is 0.0117. The molecule has 0 aromatic carbocycles. The van der Waals surface area contributed by atoms with Crippen molar-refractivity contribution >= 4 is 17.5 Å². The van der Waals surface area contributed by atoms with Crippen LogP contribution in [0.3, 0.4) is 0 Å². The lowest BCUT2D eigenvalue weighted by Gasteiger charge is -2.15. The lowest BCUT2D eigenvalue weighted by Crippen LogP contribution is -2.29. The fourth-order valence-corrected chi connectivity index (χ4v) is 2.07. The van der Waals surface area contributed by atoms with Gasteiger partial charge in [-0.05, 0) is 31.6 Å². The number of rotatable bonds is 9. The lowest BCUT2D eigenvalue weighted by atomic mass is 9.91. The van der Waals surface area contributed by atoms with E-state index in [1.807, 2.05) is 13.8 Å². The van der Waals surface area contributed by atoms with Gasteiger partial charge >= 0.3 is 5.97 Å². The predicted molar refractivity (Wildman–Crippen MR) is 71.6 cm³/mol. The SMILES string of the molecule is CCOC(=O)C(CC(=O)CC1CC1)C(=O)CC(C)C. The standard InChI is InChI=1S/C15H24O4/c1-4-19-15(18)13(14(17)7-10(2)3)9-12(16)8-11-5-6-11/h10-11,13H,4-9H2,1-3H3. The van der Waals surface area contributed by atoms with Crippen LogP contribution in [0.2, 0.25) is 0 Å². The van der Waals surface area contributed by atoms with Crippen LogP contribution < -0.4 is 0 Å².